The van der Waals surface area contributed by atoms with Crippen molar-refractivity contribution in [2.45, 2.75) is 6.04 Å². The van der Waals surface area contributed by atoms with E-state index in [9.17, 15) is 0 Å². The number of rotatable bonds is 4. The molecule has 52 valence electrons. The average Bonchev–Trinajstić information content (AvgIpc) is 1.88. The molecule has 0 saturated carbocycles. The molecule has 0 amide bonds. The highest BCUT2D eigenvalue weighted by molar-refractivity contribution is 4.65. The molecule has 0 aliphatic rings. The summed E-state index contributed by atoms with van der Waals surface area (Å²) in [5, 5.41) is 3.36. The van der Waals surface area contributed by atoms with Crippen LogP contribution in [0.5, 0.6) is 0 Å². The minimum Gasteiger partial charge on any atom is -0.384 e. The molecule has 0 rings (SSSR count). The van der Waals surface area contributed by atoms with Gasteiger partial charge in [-0.05, 0) is 5.53 Å². The zero-order chi connectivity index (χ0) is 7.11. The van der Waals surface area contributed by atoms with Crippen molar-refractivity contribution in [3.63, 3.8) is 0 Å². The Hall–Kier alpha value is -0.770. The minimum atomic E-state index is -0.222. The van der Waals surface area contributed by atoms with Crippen LogP contribution in [0.4, 0.5) is 0 Å². The van der Waals surface area contributed by atoms with E-state index in [1.165, 1.54) is 7.11 Å². The second-order valence-corrected chi connectivity index (χ2v) is 1.55. The average molecular weight is 130 g/mol. The first-order valence-electron chi connectivity index (χ1n) is 2.58. The van der Waals surface area contributed by atoms with Crippen LogP contribution in [0.15, 0.2) is 5.11 Å². The predicted molar refractivity (Wildman–Crippen MR) is 33.9 cm³/mol. The van der Waals surface area contributed by atoms with E-state index in [1.54, 1.807) is 0 Å². The maximum atomic E-state index is 7.94. The van der Waals surface area contributed by atoms with Gasteiger partial charge in [0.15, 0.2) is 0 Å². The van der Waals surface area contributed by atoms with E-state index in [1.807, 2.05) is 0 Å². The van der Waals surface area contributed by atoms with Crippen LogP contribution < -0.4 is 5.73 Å². The van der Waals surface area contributed by atoms with Crippen LogP contribution in [0.2, 0.25) is 0 Å². The fourth-order valence-electron chi connectivity index (χ4n) is 0.414. The van der Waals surface area contributed by atoms with Gasteiger partial charge in [0.1, 0.15) is 0 Å². The summed E-state index contributed by atoms with van der Waals surface area (Å²) >= 11 is 0. The highest BCUT2D eigenvalue weighted by Gasteiger charge is 1.99. The van der Waals surface area contributed by atoms with E-state index in [4.69, 9.17) is 16.0 Å². The van der Waals surface area contributed by atoms with Gasteiger partial charge in [-0.3, -0.25) is 0 Å². The van der Waals surface area contributed by atoms with Crippen molar-refractivity contribution in [1.29, 1.82) is 0 Å². The van der Waals surface area contributed by atoms with Crippen molar-refractivity contribution in [2.24, 2.45) is 10.8 Å². The summed E-state index contributed by atoms with van der Waals surface area (Å²) in [5.41, 5.74) is 13.1. The van der Waals surface area contributed by atoms with Crippen molar-refractivity contribution in [1.82, 2.24) is 0 Å². The number of methoxy groups -OCH3 is 1. The van der Waals surface area contributed by atoms with Gasteiger partial charge in [-0.1, -0.05) is 5.11 Å². The number of hydrogen-bond acceptors (Lipinski definition) is 3. The van der Waals surface area contributed by atoms with Gasteiger partial charge in [0.2, 0.25) is 0 Å². The Labute approximate surface area is 53.4 Å². The van der Waals surface area contributed by atoms with Crippen LogP contribution >= 0.6 is 0 Å². The van der Waals surface area contributed by atoms with Crippen LogP contribution in [-0.2, 0) is 4.74 Å². The van der Waals surface area contributed by atoms with E-state index in [0.717, 1.165) is 0 Å². The highest BCUT2D eigenvalue weighted by atomic mass is 16.5. The van der Waals surface area contributed by atoms with Crippen LogP contribution in [0.3, 0.4) is 0 Å². The molecule has 0 saturated heterocycles. The molecule has 0 bridgehead atoms. The van der Waals surface area contributed by atoms with Gasteiger partial charge < -0.3 is 10.5 Å². The third kappa shape index (κ3) is 3.78. The summed E-state index contributed by atoms with van der Waals surface area (Å²) in [6.45, 7) is 0.721. The van der Waals surface area contributed by atoms with Gasteiger partial charge >= 0.3 is 0 Å². The zero-order valence-electron chi connectivity index (χ0n) is 5.32. The molecule has 0 radical (unpaired) electrons. The molecule has 0 aliphatic heterocycles. The molecule has 0 spiro atoms. The molecule has 0 aromatic heterocycles. The van der Waals surface area contributed by atoms with Gasteiger partial charge in [0, 0.05) is 18.6 Å². The minimum absolute atomic E-state index is 0.222. The molecular weight excluding hydrogens is 120 g/mol. The third-order valence-corrected chi connectivity index (χ3v) is 0.846. The van der Waals surface area contributed by atoms with Crippen molar-refractivity contribution in [2.75, 3.05) is 20.3 Å². The summed E-state index contributed by atoms with van der Waals surface area (Å²) in [5.74, 6) is 0. The predicted octanol–water partition coefficient (Wildman–Crippen LogP) is 0.270. The Bertz CT molecular complexity index is 109. The number of ether oxygens (including phenoxy) is 1. The van der Waals surface area contributed by atoms with Crippen molar-refractivity contribution < 1.29 is 4.74 Å². The molecule has 9 heavy (non-hydrogen) atoms. The Morgan fingerprint density at radius 3 is 2.89 bits per heavy atom. The number of nitrogens with two attached hydrogens (primary N) is 1. The van der Waals surface area contributed by atoms with Crippen molar-refractivity contribution in [3.05, 3.63) is 10.4 Å². The van der Waals surface area contributed by atoms with Gasteiger partial charge in [-0.25, -0.2) is 0 Å². The van der Waals surface area contributed by atoms with Gasteiger partial charge in [0.05, 0.1) is 12.6 Å². The molecule has 1 atom stereocenters. The van der Waals surface area contributed by atoms with E-state index in [-0.39, 0.29) is 6.04 Å². The Kier molecular flexibility index (Phi) is 4.91. The maximum Gasteiger partial charge on any atom is 0.0730 e. The fraction of sp³-hybridized carbons (Fsp3) is 1.00. The van der Waals surface area contributed by atoms with Crippen LogP contribution in [-0.4, -0.2) is 26.3 Å². The first-order valence-corrected chi connectivity index (χ1v) is 2.58. The standard InChI is InChI=1S/C4H10N4O/c1-9-3-4(2-5)7-8-6/h4H,2-3,5H2,1H3/t4-/m1/s1. The van der Waals surface area contributed by atoms with Crippen molar-refractivity contribution in [3.8, 4) is 0 Å². The SMILES string of the molecule is COC[C@@H](CN)N=[N+]=[N-]. The summed E-state index contributed by atoms with van der Waals surface area (Å²) in [7, 11) is 1.54. The number of azide groups is 1. The number of nitrogens with zero attached hydrogens (tertiary/aromatic N) is 3. The summed E-state index contributed by atoms with van der Waals surface area (Å²) < 4.78 is 4.70. The largest absolute Gasteiger partial charge is 0.384 e. The second-order valence-electron chi connectivity index (χ2n) is 1.55. The molecule has 0 aliphatic carbocycles. The molecular formula is C4H10N4O. The fourth-order valence-corrected chi connectivity index (χ4v) is 0.414. The van der Waals surface area contributed by atoms with E-state index in [0.29, 0.717) is 13.2 Å². The van der Waals surface area contributed by atoms with E-state index < -0.39 is 0 Å². The molecule has 0 aromatic carbocycles. The normalized spacial score (nSPS) is 12.2. The molecule has 5 heteroatoms. The Morgan fingerprint density at radius 2 is 2.56 bits per heavy atom. The van der Waals surface area contributed by atoms with Crippen molar-refractivity contribution >= 4 is 0 Å². The molecule has 0 aromatic rings. The van der Waals surface area contributed by atoms with Crippen LogP contribution in [0.1, 0.15) is 0 Å². The second kappa shape index (κ2) is 5.37. The summed E-state index contributed by atoms with van der Waals surface area (Å²) in [6, 6.07) is -0.222. The smallest absolute Gasteiger partial charge is 0.0730 e. The summed E-state index contributed by atoms with van der Waals surface area (Å²) in [4.78, 5) is 2.59. The Morgan fingerprint density at radius 1 is 1.89 bits per heavy atom. The van der Waals surface area contributed by atoms with Gasteiger partial charge in [0.25, 0.3) is 0 Å². The lowest BCUT2D eigenvalue weighted by atomic mass is 10.3. The Balaban J connectivity index is 3.53. The first-order chi connectivity index (χ1) is 4.35. The lowest BCUT2D eigenvalue weighted by molar-refractivity contribution is 0.182. The van der Waals surface area contributed by atoms with Gasteiger partial charge in [-0.2, -0.15) is 0 Å². The van der Waals surface area contributed by atoms with Crippen LogP contribution in [0, 0.1) is 0 Å². The summed E-state index contributed by atoms with van der Waals surface area (Å²) in [6.07, 6.45) is 0. The maximum absolute atomic E-state index is 7.94. The zero-order valence-corrected chi connectivity index (χ0v) is 5.32. The molecule has 0 fully saturated rings. The molecule has 2 N–H and O–H groups in total. The third-order valence-electron chi connectivity index (χ3n) is 0.846. The van der Waals surface area contributed by atoms with Gasteiger partial charge in [-0.15, -0.1) is 0 Å². The quantitative estimate of drug-likeness (QED) is 0.336. The molecule has 0 unspecified atom stereocenters. The monoisotopic (exact) mass is 130 g/mol. The van der Waals surface area contributed by atoms with Crippen LogP contribution in [0.25, 0.3) is 10.4 Å². The first kappa shape index (κ1) is 8.23. The van der Waals surface area contributed by atoms with E-state index >= 15 is 0 Å². The van der Waals surface area contributed by atoms with E-state index in [2.05, 4.69) is 10.0 Å². The molecule has 0 heterocycles. The lowest BCUT2D eigenvalue weighted by Crippen LogP contribution is -2.22. The number of hydrogen-bond donors (Lipinski definition) is 1. The lowest BCUT2D eigenvalue weighted by Gasteiger charge is -2.03. The highest BCUT2D eigenvalue weighted by Crippen LogP contribution is 1.87. The molecule has 5 nitrogen and oxygen atoms in total. The topological polar surface area (TPSA) is 84.0 Å².